The van der Waals surface area contributed by atoms with Crippen LogP contribution in [0.3, 0.4) is 0 Å². The largest absolute Gasteiger partial charge is 0.639 e. The third-order valence-corrected chi connectivity index (χ3v) is 1.12. The molecule has 0 radical (unpaired) electrons. The van der Waals surface area contributed by atoms with E-state index >= 15 is 0 Å². The molecule has 0 aromatic rings. The highest BCUT2D eigenvalue weighted by atomic mass is 31.1. The van der Waals surface area contributed by atoms with Crippen molar-refractivity contribution in [3.63, 3.8) is 0 Å². The molecule has 8 heavy (non-hydrogen) atoms. The molecule has 6 heteroatoms. The van der Waals surface area contributed by atoms with Gasteiger partial charge >= 0.3 is 13.9 Å². The SMILES string of the molecule is CO[P+](=O)C(F)(F)F. The molecule has 0 N–H and O–H groups in total. The third-order valence-electron chi connectivity index (χ3n) is 0.373. The molecule has 2 nitrogen and oxygen atoms in total. The maximum atomic E-state index is 11.0. The summed E-state index contributed by atoms with van der Waals surface area (Å²) in [6.07, 6.45) is 0. The molecule has 0 saturated heterocycles. The van der Waals surface area contributed by atoms with Crippen LogP contribution in [-0.4, -0.2) is 13.0 Å². The second-order valence-corrected chi connectivity index (χ2v) is 2.29. The Labute approximate surface area is 44.5 Å². The van der Waals surface area contributed by atoms with Crippen molar-refractivity contribution >= 4 is 8.03 Å². The Bertz CT molecular complexity index is 97.9. The standard InChI is InChI=1S/C2H3F3O2P/c1-7-8(6)2(3,4)5/h1H3/q+1. The number of hydrogen-bond donors (Lipinski definition) is 0. The van der Waals surface area contributed by atoms with Crippen molar-refractivity contribution in [3.05, 3.63) is 0 Å². The minimum atomic E-state index is -4.70. The van der Waals surface area contributed by atoms with Gasteiger partial charge in [-0.25, -0.2) is 0 Å². The average molecular weight is 147 g/mol. The van der Waals surface area contributed by atoms with E-state index in [9.17, 15) is 17.7 Å². The Kier molecular flexibility index (Phi) is 2.37. The summed E-state index contributed by atoms with van der Waals surface area (Å²) in [4.78, 5) is 0. The van der Waals surface area contributed by atoms with E-state index in [1.807, 2.05) is 0 Å². The first-order chi connectivity index (χ1) is 3.48. The van der Waals surface area contributed by atoms with Gasteiger partial charge in [0.05, 0.1) is 7.11 Å². The second-order valence-electron chi connectivity index (χ2n) is 0.908. The van der Waals surface area contributed by atoms with Crippen LogP contribution in [-0.2, 0) is 9.09 Å². The molecule has 0 fully saturated rings. The van der Waals surface area contributed by atoms with Crippen LogP contribution in [0.4, 0.5) is 13.2 Å². The Balaban J connectivity index is 3.82. The second kappa shape index (κ2) is 2.42. The number of rotatable bonds is 1. The van der Waals surface area contributed by atoms with Crippen molar-refractivity contribution in [2.24, 2.45) is 0 Å². The van der Waals surface area contributed by atoms with Gasteiger partial charge in [-0.05, 0) is 4.57 Å². The van der Waals surface area contributed by atoms with Gasteiger partial charge in [-0.2, -0.15) is 0 Å². The average Bonchev–Trinajstić information content (AvgIpc) is 1.62. The molecule has 0 rings (SSSR count). The Morgan fingerprint density at radius 3 is 1.88 bits per heavy atom. The van der Waals surface area contributed by atoms with Gasteiger partial charge in [0.1, 0.15) is 0 Å². The molecule has 1 atom stereocenters. The minimum Gasteiger partial charge on any atom is -0.142 e. The first-order valence-corrected chi connectivity index (χ1v) is 2.74. The normalized spacial score (nSPS) is 13.8. The molecular weight excluding hydrogens is 144 g/mol. The van der Waals surface area contributed by atoms with Crippen molar-refractivity contribution < 1.29 is 22.3 Å². The lowest BCUT2D eigenvalue weighted by atomic mass is 11.6. The van der Waals surface area contributed by atoms with Gasteiger partial charge in [0, 0.05) is 0 Å². The Hall–Kier alpha value is -0.150. The molecule has 0 aromatic carbocycles. The zero-order chi connectivity index (χ0) is 6.78. The van der Waals surface area contributed by atoms with Gasteiger partial charge in [0.2, 0.25) is 0 Å². The van der Waals surface area contributed by atoms with Crippen LogP contribution in [0, 0.1) is 0 Å². The lowest BCUT2D eigenvalue weighted by Gasteiger charge is -1.84. The molecule has 0 spiro atoms. The van der Waals surface area contributed by atoms with Crippen LogP contribution in [0.2, 0.25) is 0 Å². The van der Waals surface area contributed by atoms with E-state index in [4.69, 9.17) is 0 Å². The summed E-state index contributed by atoms with van der Waals surface area (Å²) in [6, 6.07) is 0. The molecule has 1 unspecified atom stereocenters. The van der Waals surface area contributed by atoms with Gasteiger partial charge < -0.3 is 0 Å². The molecule has 0 amide bonds. The highest BCUT2D eigenvalue weighted by Gasteiger charge is 2.55. The molecular formula is C2H3F3O2P+. The van der Waals surface area contributed by atoms with Gasteiger partial charge in [0.25, 0.3) is 0 Å². The lowest BCUT2D eigenvalue weighted by Crippen LogP contribution is -1.99. The summed E-state index contributed by atoms with van der Waals surface area (Å²) in [5.74, 6) is -4.70. The highest BCUT2D eigenvalue weighted by Crippen LogP contribution is 2.42. The molecule has 0 saturated carbocycles. The maximum Gasteiger partial charge on any atom is 0.639 e. The summed E-state index contributed by atoms with van der Waals surface area (Å²) in [6.45, 7) is 0. The monoisotopic (exact) mass is 147 g/mol. The smallest absolute Gasteiger partial charge is 0.142 e. The summed E-state index contributed by atoms with van der Waals surface area (Å²) < 4.78 is 46.3. The van der Waals surface area contributed by atoms with Gasteiger partial charge in [0.15, 0.2) is 0 Å². The van der Waals surface area contributed by atoms with E-state index in [-0.39, 0.29) is 0 Å². The Morgan fingerprint density at radius 1 is 1.50 bits per heavy atom. The molecule has 0 heterocycles. The number of alkyl halides is 3. The van der Waals surface area contributed by atoms with Crippen LogP contribution < -0.4 is 0 Å². The van der Waals surface area contributed by atoms with Crippen molar-refractivity contribution in [3.8, 4) is 0 Å². The summed E-state index contributed by atoms with van der Waals surface area (Å²) >= 11 is 0. The van der Waals surface area contributed by atoms with E-state index in [0.717, 1.165) is 7.11 Å². The van der Waals surface area contributed by atoms with E-state index in [2.05, 4.69) is 4.52 Å². The number of halogens is 3. The van der Waals surface area contributed by atoms with Crippen LogP contribution in [0.15, 0.2) is 0 Å². The Morgan fingerprint density at radius 2 is 1.88 bits per heavy atom. The first-order valence-electron chi connectivity index (χ1n) is 1.56. The van der Waals surface area contributed by atoms with E-state index in [0.29, 0.717) is 0 Å². The predicted octanol–water partition coefficient (Wildman–Crippen LogP) is 1.89. The van der Waals surface area contributed by atoms with Crippen molar-refractivity contribution in [2.75, 3.05) is 7.11 Å². The zero-order valence-electron chi connectivity index (χ0n) is 3.90. The summed E-state index contributed by atoms with van der Waals surface area (Å²) in [7, 11) is -2.73. The maximum absolute atomic E-state index is 11.0. The van der Waals surface area contributed by atoms with Gasteiger partial charge in [-0.3, -0.25) is 0 Å². The van der Waals surface area contributed by atoms with Crippen LogP contribution in [0.25, 0.3) is 0 Å². The quantitative estimate of drug-likeness (QED) is 0.529. The first kappa shape index (κ1) is 7.85. The molecule has 48 valence electrons. The van der Waals surface area contributed by atoms with Gasteiger partial charge in [-0.1, -0.05) is 0 Å². The molecule has 0 aliphatic carbocycles. The van der Waals surface area contributed by atoms with Crippen molar-refractivity contribution in [2.45, 2.75) is 5.92 Å². The van der Waals surface area contributed by atoms with Crippen molar-refractivity contribution in [1.29, 1.82) is 0 Å². The fourth-order valence-corrected chi connectivity index (χ4v) is 0.311. The fraction of sp³-hybridized carbons (Fsp3) is 1.00. The topological polar surface area (TPSA) is 26.3 Å². The fourth-order valence-electron chi connectivity index (χ4n) is 0.104. The number of hydrogen-bond acceptors (Lipinski definition) is 2. The summed E-state index contributed by atoms with van der Waals surface area (Å²) in [5.41, 5.74) is 0. The predicted molar refractivity (Wildman–Crippen MR) is 20.7 cm³/mol. The van der Waals surface area contributed by atoms with Gasteiger partial charge in [-0.15, -0.1) is 17.7 Å². The zero-order valence-corrected chi connectivity index (χ0v) is 4.79. The van der Waals surface area contributed by atoms with E-state index in [1.165, 1.54) is 0 Å². The summed E-state index contributed by atoms with van der Waals surface area (Å²) in [5, 5.41) is 0. The molecule has 0 aliphatic rings. The van der Waals surface area contributed by atoms with Crippen LogP contribution in [0.5, 0.6) is 0 Å². The highest BCUT2D eigenvalue weighted by molar-refractivity contribution is 7.40. The molecule has 0 aliphatic heterocycles. The molecule has 0 bridgehead atoms. The molecule has 0 aromatic heterocycles. The van der Waals surface area contributed by atoms with E-state index in [1.54, 1.807) is 0 Å². The minimum absolute atomic E-state index is 0.742. The van der Waals surface area contributed by atoms with Crippen LogP contribution >= 0.6 is 8.03 Å². The van der Waals surface area contributed by atoms with Crippen molar-refractivity contribution in [1.82, 2.24) is 0 Å². The lowest BCUT2D eigenvalue weighted by molar-refractivity contribution is -0.0515. The van der Waals surface area contributed by atoms with Crippen LogP contribution in [0.1, 0.15) is 0 Å². The third kappa shape index (κ3) is 2.23. The van der Waals surface area contributed by atoms with E-state index < -0.39 is 13.9 Å².